The molecule has 2 rings (SSSR count). The van der Waals surface area contributed by atoms with Crippen molar-refractivity contribution in [2.24, 2.45) is 7.05 Å². The molecule has 0 saturated carbocycles. The lowest BCUT2D eigenvalue weighted by atomic mass is 10.2. The molecule has 0 bridgehead atoms. The van der Waals surface area contributed by atoms with Crippen LogP contribution in [0, 0.1) is 6.92 Å². The number of nitrogen functional groups attached to an aromatic ring is 1. The standard InChI is InChI=1S/C11H12N6O3/c1-5-6(12)3-4-7(13-5)8-9(17(2)16-15-8)10(18)14-11(19)20/h3-4H,12H2,1-2H3,(H,14,18)(H,19,20). The number of hydrogen-bond acceptors (Lipinski definition) is 6. The zero-order chi connectivity index (χ0) is 14.9. The Balaban J connectivity index is 2.50. The second-order valence-electron chi connectivity index (χ2n) is 4.04. The van der Waals surface area contributed by atoms with Crippen molar-refractivity contribution in [3.05, 3.63) is 23.5 Å². The van der Waals surface area contributed by atoms with Gasteiger partial charge in [0.25, 0.3) is 5.91 Å². The number of rotatable bonds is 2. The van der Waals surface area contributed by atoms with Gasteiger partial charge in [0, 0.05) is 7.05 Å². The van der Waals surface area contributed by atoms with Crippen molar-refractivity contribution in [1.82, 2.24) is 25.3 Å². The Morgan fingerprint density at radius 3 is 2.70 bits per heavy atom. The summed E-state index contributed by atoms with van der Waals surface area (Å²) in [4.78, 5) is 26.6. The summed E-state index contributed by atoms with van der Waals surface area (Å²) >= 11 is 0. The van der Waals surface area contributed by atoms with Crippen molar-refractivity contribution >= 4 is 17.7 Å². The molecule has 0 spiro atoms. The van der Waals surface area contributed by atoms with Crippen LogP contribution in [-0.2, 0) is 7.05 Å². The molecule has 20 heavy (non-hydrogen) atoms. The molecular weight excluding hydrogens is 264 g/mol. The maximum absolute atomic E-state index is 11.8. The van der Waals surface area contributed by atoms with Crippen LogP contribution in [0.3, 0.4) is 0 Å². The van der Waals surface area contributed by atoms with Crippen LogP contribution in [0.1, 0.15) is 16.2 Å². The molecule has 0 aliphatic heterocycles. The summed E-state index contributed by atoms with van der Waals surface area (Å²) in [5.41, 5.74) is 7.35. The second kappa shape index (κ2) is 4.96. The number of amides is 2. The lowest BCUT2D eigenvalue weighted by molar-refractivity contribution is 0.0939. The van der Waals surface area contributed by atoms with E-state index in [1.807, 2.05) is 0 Å². The Morgan fingerprint density at radius 1 is 1.40 bits per heavy atom. The number of carbonyl (C=O) groups is 2. The van der Waals surface area contributed by atoms with Crippen LogP contribution < -0.4 is 11.1 Å². The van der Waals surface area contributed by atoms with Crippen molar-refractivity contribution in [3.8, 4) is 11.4 Å². The lowest BCUT2D eigenvalue weighted by Crippen LogP contribution is -2.30. The van der Waals surface area contributed by atoms with Crippen molar-refractivity contribution < 1.29 is 14.7 Å². The average molecular weight is 276 g/mol. The first-order chi connectivity index (χ1) is 9.40. The Labute approximate surface area is 113 Å². The fourth-order valence-corrected chi connectivity index (χ4v) is 1.64. The van der Waals surface area contributed by atoms with Crippen LogP contribution in [-0.4, -0.2) is 37.1 Å². The fourth-order valence-electron chi connectivity index (χ4n) is 1.64. The summed E-state index contributed by atoms with van der Waals surface area (Å²) in [5, 5.41) is 17.9. The predicted molar refractivity (Wildman–Crippen MR) is 68.9 cm³/mol. The number of imide groups is 1. The van der Waals surface area contributed by atoms with E-state index in [4.69, 9.17) is 10.8 Å². The Bertz CT molecular complexity index is 693. The van der Waals surface area contributed by atoms with E-state index >= 15 is 0 Å². The quantitative estimate of drug-likeness (QED) is 0.711. The van der Waals surface area contributed by atoms with E-state index in [9.17, 15) is 9.59 Å². The summed E-state index contributed by atoms with van der Waals surface area (Å²) in [6.07, 6.45) is -1.46. The van der Waals surface area contributed by atoms with Gasteiger partial charge in [-0.15, -0.1) is 5.10 Å². The van der Waals surface area contributed by atoms with Crippen LogP contribution in [0.25, 0.3) is 11.4 Å². The van der Waals surface area contributed by atoms with E-state index in [0.29, 0.717) is 17.1 Å². The summed E-state index contributed by atoms with van der Waals surface area (Å²) in [6, 6.07) is 3.22. The molecule has 4 N–H and O–H groups in total. The number of anilines is 1. The maximum atomic E-state index is 11.8. The molecule has 2 heterocycles. The zero-order valence-corrected chi connectivity index (χ0v) is 10.8. The number of nitrogens with one attached hydrogen (secondary N) is 1. The van der Waals surface area contributed by atoms with Crippen LogP contribution in [0.4, 0.5) is 10.5 Å². The third-order valence-corrected chi connectivity index (χ3v) is 2.63. The third-order valence-electron chi connectivity index (χ3n) is 2.63. The molecular formula is C11H12N6O3. The summed E-state index contributed by atoms with van der Waals surface area (Å²) in [6.45, 7) is 1.71. The van der Waals surface area contributed by atoms with Gasteiger partial charge in [0.2, 0.25) is 0 Å². The van der Waals surface area contributed by atoms with Gasteiger partial charge in [-0.3, -0.25) is 10.1 Å². The molecule has 0 aliphatic rings. The average Bonchev–Trinajstić information content (AvgIpc) is 2.74. The highest BCUT2D eigenvalue weighted by atomic mass is 16.4. The first kappa shape index (κ1) is 13.5. The normalized spacial score (nSPS) is 10.3. The fraction of sp³-hybridized carbons (Fsp3) is 0.182. The molecule has 2 amide bonds. The van der Waals surface area contributed by atoms with Crippen molar-refractivity contribution in [2.45, 2.75) is 6.92 Å². The van der Waals surface area contributed by atoms with Gasteiger partial charge in [-0.05, 0) is 19.1 Å². The predicted octanol–water partition coefficient (Wildman–Crippen LogP) is 0.176. The molecule has 0 aliphatic carbocycles. The summed E-state index contributed by atoms with van der Waals surface area (Å²) in [5.74, 6) is -0.823. The number of nitrogens with zero attached hydrogens (tertiary/aromatic N) is 4. The van der Waals surface area contributed by atoms with E-state index in [-0.39, 0.29) is 11.4 Å². The SMILES string of the molecule is Cc1nc(-c2nnn(C)c2C(=O)NC(=O)O)ccc1N. The first-order valence-electron chi connectivity index (χ1n) is 5.57. The van der Waals surface area contributed by atoms with E-state index < -0.39 is 12.0 Å². The molecule has 104 valence electrons. The van der Waals surface area contributed by atoms with Gasteiger partial charge in [-0.25, -0.2) is 14.5 Å². The number of carboxylic acid groups (broad SMARTS) is 1. The van der Waals surface area contributed by atoms with Gasteiger partial charge in [-0.2, -0.15) is 0 Å². The number of nitrogens with two attached hydrogens (primary N) is 1. The zero-order valence-electron chi connectivity index (χ0n) is 10.8. The molecule has 0 fully saturated rings. The monoisotopic (exact) mass is 276 g/mol. The highest BCUT2D eigenvalue weighted by molar-refractivity contribution is 6.04. The van der Waals surface area contributed by atoms with Crippen molar-refractivity contribution in [1.29, 1.82) is 0 Å². The largest absolute Gasteiger partial charge is 0.465 e. The van der Waals surface area contributed by atoms with E-state index in [1.54, 1.807) is 24.4 Å². The highest BCUT2D eigenvalue weighted by Gasteiger charge is 2.22. The van der Waals surface area contributed by atoms with Gasteiger partial charge >= 0.3 is 6.09 Å². The van der Waals surface area contributed by atoms with Gasteiger partial charge in [0.15, 0.2) is 5.69 Å². The van der Waals surface area contributed by atoms with Crippen LogP contribution >= 0.6 is 0 Å². The van der Waals surface area contributed by atoms with Crippen LogP contribution in [0.5, 0.6) is 0 Å². The summed E-state index contributed by atoms with van der Waals surface area (Å²) in [7, 11) is 1.48. The molecule has 9 heteroatoms. The van der Waals surface area contributed by atoms with Gasteiger partial charge < -0.3 is 10.8 Å². The van der Waals surface area contributed by atoms with Crippen LogP contribution in [0.15, 0.2) is 12.1 Å². The Kier molecular flexibility index (Phi) is 3.34. The van der Waals surface area contributed by atoms with E-state index in [2.05, 4.69) is 15.3 Å². The minimum Gasteiger partial charge on any atom is -0.465 e. The summed E-state index contributed by atoms with van der Waals surface area (Å²) < 4.78 is 1.18. The molecule has 0 aromatic carbocycles. The number of hydrogen-bond donors (Lipinski definition) is 3. The lowest BCUT2D eigenvalue weighted by Gasteiger charge is -2.04. The minimum absolute atomic E-state index is 0.00377. The second-order valence-corrected chi connectivity index (χ2v) is 4.04. The van der Waals surface area contributed by atoms with Gasteiger partial charge in [0.1, 0.15) is 5.69 Å². The molecule has 0 atom stereocenters. The Morgan fingerprint density at radius 2 is 2.10 bits per heavy atom. The van der Waals surface area contributed by atoms with Gasteiger partial charge in [-0.1, -0.05) is 5.21 Å². The molecule has 0 radical (unpaired) electrons. The topological polar surface area (TPSA) is 136 Å². The molecule has 0 saturated heterocycles. The first-order valence-corrected chi connectivity index (χ1v) is 5.57. The van der Waals surface area contributed by atoms with E-state index in [0.717, 1.165) is 0 Å². The molecule has 2 aromatic rings. The number of aryl methyl sites for hydroxylation is 2. The van der Waals surface area contributed by atoms with Crippen molar-refractivity contribution in [3.63, 3.8) is 0 Å². The molecule has 0 unspecified atom stereocenters. The minimum atomic E-state index is -1.46. The van der Waals surface area contributed by atoms with Crippen LogP contribution in [0.2, 0.25) is 0 Å². The number of aromatic nitrogens is 4. The Hall–Kier alpha value is -2.97. The highest BCUT2D eigenvalue weighted by Crippen LogP contribution is 2.21. The van der Waals surface area contributed by atoms with E-state index in [1.165, 1.54) is 11.7 Å². The maximum Gasteiger partial charge on any atom is 0.411 e. The molecule has 9 nitrogen and oxygen atoms in total. The van der Waals surface area contributed by atoms with Crippen molar-refractivity contribution in [2.75, 3.05) is 5.73 Å². The third kappa shape index (κ3) is 2.41. The molecule has 2 aromatic heterocycles. The smallest absolute Gasteiger partial charge is 0.411 e. The number of carbonyl (C=O) groups excluding carboxylic acids is 1. The number of pyridine rings is 1. The van der Waals surface area contributed by atoms with Gasteiger partial charge in [0.05, 0.1) is 17.1 Å².